The molecule has 0 spiro atoms. The van der Waals surface area contributed by atoms with Crippen molar-refractivity contribution in [1.29, 1.82) is 0 Å². The monoisotopic (exact) mass is 255 g/mol. The molecule has 19 heavy (non-hydrogen) atoms. The highest BCUT2D eigenvalue weighted by molar-refractivity contribution is 5.57. The van der Waals surface area contributed by atoms with E-state index in [1.54, 1.807) is 6.26 Å². The Morgan fingerprint density at radius 2 is 1.95 bits per heavy atom. The van der Waals surface area contributed by atoms with Crippen molar-refractivity contribution in [3.8, 4) is 11.3 Å². The van der Waals surface area contributed by atoms with Crippen LogP contribution in [0.2, 0.25) is 0 Å². The van der Waals surface area contributed by atoms with Gasteiger partial charge in [0.1, 0.15) is 5.76 Å². The molecule has 1 aromatic heterocycles. The molecule has 2 rings (SSSR count). The first-order valence-electron chi connectivity index (χ1n) is 6.29. The van der Waals surface area contributed by atoms with Crippen molar-refractivity contribution in [3.63, 3.8) is 0 Å². The predicted octanol–water partition coefficient (Wildman–Crippen LogP) is 4.92. The molecule has 1 heterocycles. The lowest BCUT2D eigenvalue weighted by Gasteiger charge is -2.24. The zero-order chi connectivity index (χ0) is 13.7. The lowest BCUT2D eigenvalue weighted by Crippen LogP contribution is -2.18. The minimum Gasteiger partial charge on any atom is -0.464 e. The van der Waals surface area contributed by atoms with Crippen molar-refractivity contribution in [2.75, 3.05) is 6.54 Å². The maximum absolute atomic E-state index is 8.32. The zero-order valence-corrected chi connectivity index (χ0v) is 11.2. The molecule has 0 unspecified atom stereocenters. The molecule has 0 bridgehead atoms. The van der Waals surface area contributed by atoms with Crippen molar-refractivity contribution >= 4 is 0 Å². The summed E-state index contributed by atoms with van der Waals surface area (Å²) in [5, 5.41) is 3.61. The number of hydrogen-bond donors (Lipinski definition) is 0. The zero-order valence-electron chi connectivity index (χ0n) is 11.2. The van der Waals surface area contributed by atoms with Crippen LogP contribution in [0.4, 0.5) is 0 Å². The van der Waals surface area contributed by atoms with E-state index in [2.05, 4.69) is 48.1 Å². The minimum atomic E-state index is -0.00408. The fourth-order valence-corrected chi connectivity index (χ4v) is 2.05. The largest absolute Gasteiger partial charge is 0.464 e. The minimum absolute atomic E-state index is 0.00408. The molecule has 0 radical (unpaired) electrons. The van der Waals surface area contributed by atoms with Crippen molar-refractivity contribution in [1.82, 2.24) is 0 Å². The van der Waals surface area contributed by atoms with Crippen LogP contribution in [0.25, 0.3) is 21.8 Å². The molecule has 0 amide bonds. The van der Waals surface area contributed by atoms with Crippen LogP contribution in [0.15, 0.2) is 52.2 Å². The van der Waals surface area contributed by atoms with Gasteiger partial charge >= 0.3 is 0 Å². The molecule has 4 nitrogen and oxygen atoms in total. The summed E-state index contributed by atoms with van der Waals surface area (Å²) in [5.41, 5.74) is 10.6. The van der Waals surface area contributed by atoms with E-state index in [1.807, 2.05) is 12.1 Å². The van der Waals surface area contributed by atoms with Gasteiger partial charge in [-0.15, -0.1) is 0 Å². The number of benzene rings is 1. The molecular formula is C15H17N3O. The molecule has 0 saturated heterocycles. The smallest absolute Gasteiger partial charge is 0.133 e. The summed E-state index contributed by atoms with van der Waals surface area (Å²) in [4.78, 5) is 2.79. The van der Waals surface area contributed by atoms with Crippen LogP contribution in [0.5, 0.6) is 0 Å². The molecule has 0 aliphatic heterocycles. The van der Waals surface area contributed by atoms with Crippen LogP contribution in [-0.2, 0) is 5.41 Å². The second kappa shape index (κ2) is 5.63. The van der Waals surface area contributed by atoms with Crippen LogP contribution >= 0.6 is 0 Å². The van der Waals surface area contributed by atoms with E-state index < -0.39 is 0 Å². The molecule has 0 fully saturated rings. The number of azide groups is 1. The van der Waals surface area contributed by atoms with E-state index >= 15 is 0 Å². The van der Waals surface area contributed by atoms with Crippen molar-refractivity contribution in [2.45, 2.75) is 25.7 Å². The lowest BCUT2D eigenvalue weighted by molar-refractivity contribution is 0.487. The molecule has 0 atom stereocenters. The molecule has 0 saturated carbocycles. The third-order valence-corrected chi connectivity index (χ3v) is 3.37. The van der Waals surface area contributed by atoms with Gasteiger partial charge in [-0.3, -0.25) is 0 Å². The maximum Gasteiger partial charge on any atom is 0.133 e. The Morgan fingerprint density at radius 1 is 1.21 bits per heavy atom. The van der Waals surface area contributed by atoms with Crippen LogP contribution in [0.3, 0.4) is 0 Å². The van der Waals surface area contributed by atoms with Crippen LogP contribution in [0, 0.1) is 0 Å². The van der Waals surface area contributed by atoms with E-state index in [0.717, 1.165) is 17.7 Å². The van der Waals surface area contributed by atoms with E-state index in [4.69, 9.17) is 9.95 Å². The Morgan fingerprint density at radius 3 is 2.53 bits per heavy atom. The summed E-state index contributed by atoms with van der Waals surface area (Å²) in [5.74, 6) is 0.874. The van der Waals surface area contributed by atoms with Gasteiger partial charge in [-0.1, -0.05) is 43.2 Å². The fourth-order valence-electron chi connectivity index (χ4n) is 2.05. The summed E-state index contributed by atoms with van der Waals surface area (Å²) in [6.45, 7) is 4.83. The van der Waals surface area contributed by atoms with Gasteiger partial charge in [0.15, 0.2) is 0 Å². The number of rotatable bonds is 5. The van der Waals surface area contributed by atoms with E-state index in [0.29, 0.717) is 6.54 Å². The lowest BCUT2D eigenvalue weighted by atomic mass is 9.81. The first-order valence-corrected chi connectivity index (χ1v) is 6.29. The second-order valence-electron chi connectivity index (χ2n) is 5.14. The summed E-state index contributed by atoms with van der Waals surface area (Å²) in [6, 6.07) is 12.2. The topological polar surface area (TPSA) is 61.9 Å². The second-order valence-corrected chi connectivity index (χ2v) is 5.14. The summed E-state index contributed by atoms with van der Waals surface area (Å²) in [6.07, 6.45) is 2.50. The van der Waals surface area contributed by atoms with Crippen LogP contribution in [0.1, 0.15) is 25.8 Å². The molecule has 98 valence electrons. The standard InChI is InChI=1S/C15H17N3O/c1-15(2,9-10-17-18-16)13-7-5-12(6-8-13)14-4-3-11-19-14/h3-8,11H,9-10H2,1-2H3. The van der Waals surface area contributed by atoms with Crippen molar-refractivity contribution < 1.29 is 4.42 Å². The first-order chi connectivity index (χ1) is 9.13. The predicted molar refractivity (Wildman–Crippen MR) is 75.8 cm³/mol. The third kappa shape index (κ3) is 3.18. The van der Waals surface area contributed by atoms with Gasteiger partial charge in [0.05, 0.1) is 6.26 Å². The van der Waals surface area contributed by atoms with Gasteiger partial charge in [-0.05, 0) is 35.1 Å². The Labute approximate surface area is 112 Å². The number of hydrogen-bond acceptors (Lipinski definition) is 2. The Bertz CT molecular complexity index is 564. The van der Waals surface area contributed by atoms with Gasteiger partial charge in [0, 0.05) is 17.0 Å². The van der Waals surface area contributed by atoms with Crippen LogP contribution in [-0.4, -0.2) is 6.54 Å². The first kappa shape index (κ1) is 13.2. The third-order valence-electron chi connectivity index (χ3n) is 3.37. The molecular weight excluding hydrogens is 238 g/mol. The van der Waals surface area contributed by atoms with E-state index in [-0.39, 0.29) is 5.41 Å². The van der Waals surface area contributed by atoms with Gasteiger partial charge in [0.2, 0.25) is 0 Å². The molecule has 0 N–H and O–H groups in total. The SMILES string of the molecule is CC(C)(CCN=[N+]=[N-])c1ccc(-c2ccco2)cc1. The number of furan rings is 1. The molecule has 0 aliphatic rings. The summed E-state index contributed by atoms with van der Waals surface area (Å²) < 4.78 is 5.37. The Kier molecular flexibility index (Phi) is 3.93. The highest BCUT2D eigenvalue weighted by Gasteiger charge is 2.19. The molecule has 2 aromatic rings. The fraction of sp³-hybridized carbons (Fsp3) is 0.333. The highest BCUT2D eigenvalue weighted by atomic mass is 16.3. The molecule has 0 aliphatic carbocycles. The average molecular weight is 255 g/mol. The Balaban J connectivity index is 2.15. The molecule has 4 heteroatoms. The van der Waals surface area contributed by atoms with Gasteiger partial charge < -0.3 is 4.42 Å². The maximum atomic E-state index is 8.32. The Hall–Kier alpha value is -2.19. The average Bonchev–Trinajstić information content (AvgIpc) is 2.93. The molecule has 1 aromatic carbocycles. The van der Waals surface area contributed by atoms with Gasteiger partial charge in [-0.2, -0.15) is 0 Å². The van der Waals surface area contributed by atoms with Gasteiger partial charge in [0.25, 0.3) is 0 Å². The van der Waals surface area contributed by atoms with Crippen LogP contribution < -0.4 is 0 Å². The van der Waals surface area contributed by atoms with Crippen molar-refractivity contribution in [3.05, 3.63) is 58.7 Å². The van der Waals surface area contributed by atoms with E-state index in [9.17, 15) is 0 Å². The summed E-state index contributed by atoms with van der Waals surface area (Å²) >= 11 is 0. The van der Waals surface area contributed by atoms with Gasteiger partial charge in [-0.25, -0.2) is 0 Å². The summed E-state index contributed by atoms with van der Waals surface area (Å²) in [7, 11) is 0. The quantitative estimate of drug-likeness (QED) is 0.424. The number of nitrogens with zero attached hydrogens (tertiary/aromatic N) is 3. The normalized spacial score (nSPS) is 11.1. The highest BCUT2D eigenvalue weighted by Crippen LogP contribution is 2.29. The van der Waals surface area contributed by atoms with E-state index in [1.165, 1.54) is 5.56 Å². The van der Waals surface area contributed by atoms with Crippen molar-refractivity contribution in [2.24, 2.45) is 5.11 Å².